The summed E-state index contributed by atoms with van der Waals surface area (Å²) in [5.41, 5.74) is 3.73. The first kappa shape index (κ1) is 21.9. The molecule has 0 bridgehead atoms. The van der Waals surface area contributed by atoms with Gasteiger partial charge in [0, 0.05) is 56.9 Å². The number of ether oxygens (including phenoxy) is 1. The number of rotatable bonds is 7. The maximum absolute atomic E-state index is 12.8. The van der Waals surface area contributed by atoms with Crippen LogP contribution < -0.4 is 4.74 Å². The molecule has 3 heterocycles. The molecule has 0 spiro atoms. The average molecular weight is 426 g/mol. The van der Waals surface area contributed by atoms with Gasteiger partial charge < -0.3 is 14.1 Å². The Morgan fingerprint density at radius 2 is 1.94 bits per heavy atom. The number of carbonyl (C=O) groups excluding carboxylic acids is 1. The Hall–Kier alpha value is -2.31. The SMILES string of the molecule is CCN(CC)C(=O)C1CCCN(Cc2ccc3c(c2)CN(Cc2ccoc2)CCO3)C1. The molecule has 6 nitrogen and oxygen atoms in total. The van der Waals surface area contributed by atoms with Gasteiger partial charge in [-0.25, -0.2) is 0 Å². The highest BCUT2D eigenvalue weighted by Gasteiger charge is 2.28. The van der Waals surface area contributed by atoms with Crippen LogP contribution in [0.3, 0.4) is 0 Å². The Balaban J connectivity index is 1.40. The van der Waals surface area contributed by atoms with Crippen LogP contribution in [-0.4, -0.2) is 59.9 Å². The van der Waals surface area contributed by atoms with Gasteiger partial charge in [0.25, 0.3) is 0 Å². The van der Waals surface area contributed by atoms with E-state index in [2.05, 4.69) is 41.8 Å². The number of hydrogen-bond donors (Lipinski definition) is 0. The van der Waals surface area contributed by atoms with Crippen LogP contribution in [-0.2, 0) is 24.4 Å². The van der Waals surface area contributed by atoms with E-state index in [0.717, 1.165) is 70.9 Å². The summed E-state index contributed by atoms with van der Waals surface area (Å²) in [5, 5.41) is 0. The number of furan rings is 1. The Kier molecular flexibility index (Phi) is 7.30. The number of piperidine rings is 1. The zero-order valence-electron chi connectivity index (χ0n) is 18.9. The van der Waals surface area contributed by atoms with Crippen LogP contribution in [0.5, 0.6) is 5.75 Å². The van der Waals surface area contributed by atoms with Crippen molar-refractivity contribution in [3.05, 3.63) is 53.5 Å². The number of carbonyl (C=O) groups is 1. The van der Waals surface area contributed by atoms with Gasteiger partial charge in [-0.3, -0.25) is 14.6 Å². The molecule has 0 aliphatic carbocycles. The van der Waals surface area contributed by atoms with E-state index in [1.165, 1.54) is 16.7 Å². The lowest BCUT2D eigenvalue weighted by Gasteiger charge is -2.34. The maximum Gasteiger partial charge on any atom is 0.226 e. The fourth-order valence-corrected chi connectivity index (χ4v) is 4.83. The maximum atomic E-state index is 12.8. The quantitative estimate of drug-likeness (QED) is 0.676. The van der Waals surface area contributed by atoms with E-state index in [0.29, 0.717) is 12.5 Å². The second-order valence-corrected chi connectivity index (χ2v) is 8.72. The summed E-state index contributed by atoms with van der Waals surface area (Å²) in [7, 11) is 0. The highest BCUT2D eigenvalue weighted by atomic mass is 16.5. The van der Waals surface area contributed by atoms with Crippen molar-refractivity contribution in [3.8, 4) is 5.75 Å². The van der Waals surface area contributed by atoms with Gasteiger partial charge in [-0.15, -0.1) is 0 Å². The molecule has 31 heavy (non-hydrogen) atoms. The summed E-state index contributed by atoms with van der Waals surface area (Å²) in [4.78, 5) is 19.6. The molecule has 4 rings (SSSR count). The third-order valence-electron chi connectivity index (χ3n) is 6.51. The van der Waals surface area contributed by atoms with Gasteiger partial charge in [0.15, 0.2) is 0 Å². The second-order valence-electron chi connectivity index (χ2n) is 8.72. The molecule has 1 unspecified atom stereocenters. The third-order valence-corrected chi connectivity index (χ3v) is 6.51. The standard InChI is InChI=1S/C25H35N3O3/c1-3-28(4-2)25(29)22-6-5-10-26(17-22)15-20-7-8-24-23(14-20)18-27(11-13-31-24)16-21-9-12-30-19-21/h7-9,12,14,19,22H,3-6,10-11,13,15-18H2,1-2H3. The predicted octanol–water partition coefficient (Wildman–Crippen LogP) is 3.75. The van der Waals surface area contributed by atoms with Crippen molar-refractivity contribution in [3.63, 3.8) is 0 Å². The normalized spacial score (nSPS) is 20.0. The van der Waals surface area contributed by atoms with Crippen LogP contribution in [0.15, 0.2) is 41.2 Å². The molecule has 1 aromatic heterocycles. The van der Waals surface area contributed by atoms with Gasteiger partial charge in [0.2, 0.25) is 5.91 Å². The highest BCUT2D eigenvalue weighted by Crippen LogP contribution is 2.27. The van der Waals surface area contributed by atoms with Crippen LogP contribution in [0.1, 0.15) is 43.4 Å². The molecule has 6 heteroatoms. The Labute approximate surface area is 185 Å². The largest absolute Gasteiger partial charge is 0.492 e. The summed E-state index contributed by atoms with van der Waals surface area (Å²) in [6.45, 7) is 11.9. The molecule has 1 aromatic carbocycles. The molecular weight excluding hydrogens is 390 g/mol. The summed E-state index contributed by atoms with van der Waals surface area (Å²) < 4.78 is 11.2. The molecule has 2 aliphatic heterocycles. The average Bonchev–Trinajstić information content (AvgIpc) is 3.21. The molecule has 2 aliphatic rings. The van der Waals surface area contributed by atoms with E-state index in [1.807, 2.05) is 17.2 Å². The molecule has 0 saturated carbocycles. The Bertz CT molecular complexity index is 848. The van der Waals surface area contributed by atoms with Crippen LogP contribution >= 0.6 is 0 Å². The van der Waals surface area contributed by atoms with E-state index in [-0.39, 0.29) is 5.92 Å². The van der Waals surface area contributed by atoms with Gasteiger partial charge in [-0.2, -0.15) is 0 Å². The van der Waals surface area contributed by atoms with Crippen LogP contribution in [0, 0.1) is 5.92 Å². The first-order valence-corrected chi connectivity index (χ1v) is 11.7. The van der Waals surface area contributed by atoms with Crippen LogP contribution in [0.2, 0.25) is 0 Å². The Morgan fingerprint density at radius 1 is 1.10 bits per heavy atom. The zero-order chi connectivity index (χ0) is 21.6. The third kappa shape index (κ3) is 5.49. The lowest BCUT2D eigenvalue weighted by molar-refractivity contribution is -0.137. The molecule has 0 radical (unpaired) electrons. The summed E-state index contributed by atoms with van der Waals surface area (Å²) in [5.74, 6) is 1.44. The van der Waals surface area contributed by atoms with E-state index in [9.17, 15) is 4.79 Å². The van der Waals surface area contributed by atoms with Crippen molar-refractivity contribution in [2.45, 2.75) is 46.3 Å². The molecule has 1 atom stereocenters. The van der Waals surface area contributed by atoms with E-state index < -0.39 is 0 Å². The minimum Gasteiger partial charge on any atom is -0.492 e. The minimum absolute atomic E-state index is 0.128. The van der Waals surface area contributed by atoms with Crippen molar-refractivity contribution in [1.29, 1.82) is 0 Å². The van der Waals surface area contributed by atoms with Gasteiger partial charge in [-0.1, -0.05) is 6.07 Å². The van der Waals surface area contributed by atoms with E-state index in [4.69, 9.17) is 9.15 Å². The number of nitrogens with zero attached hydrogens (tertiary/aromatic N) is 3. The number of amides is 1. The van der Waals surface area contributed by atoms with Crippen molar-refractivity contribution >= 4 is 5.91 Å². The monoisotopic (exact) mass is 425 g/mol. The van der Waals surface area contributed by atoms with Gasteiger partial charge in [-0.05, 0) is 57.0 Å². The van der Waals surface area contributed by atoms with Crippen molar-refractivity contribution in [1.82, 2.24) is 14.7 Å². The van der Waals surface area contributed by atoms with Crippen molar-refractivity contribution < 1.29 is 13.9 Å². The highest BCUT2D eigenvalue weighted by molar-refractivity contribution is 5.79. The molecular formula is C25H35N3O3. The first-order chi connectivity index (χ1) is 15.2. The lowest BCUT2D eigenvalue weighted by atomic mass is 9.95. The Morgan fingerprint density at radius 3 is 2.71 bits per heavy atom. The molecule has 168 valence electrons. The predicted molar refractivity (Wildman–Crippen MR) is 121 cm³/mol. The molecule has 1 fully saturated rings. The van der Waals surface area contributed by atoms with Crippen molar-refractivity contribution in [2.75, 3.05) is 39.3 Å². The molecule has 0 N–H and O–H groups in total. The fraction of sp³-hybridized carbons (Fsp3) is 0.560. The topological polar surface area (TPSA) is 49.2 Å². The van der Waals surface area contributed by atoms with Gasteiger partial charge in [0.05, 0.1) is 18.4 Å². The van der Waals surface area contributed by atoms with Gasteiger partial charge in [0.1, 0.15) is 12.4 Å². The zero-order valence-corrected chi connectivity index (χ0v) is 18.9. The van der Waals surface area contributed by atoms with Crippen LogP contribution in [0.4, 0.5) is 0 Å². The smallest absolute Gasteiger partial charge is 0.226 e. The number of likely N-dealkylation sites (tertiary alicyclic amines) is 1. The molecule has 1 amide bonds. The summed E-state index contributed by atoms with van der Waals surface area (Å²) >= 11 is 0. The molecule has 2 aromatic rings. The number of benzene rings is 1. The van der Waals surface area contributed by atoms with Gasteiger partial charge >= 0.3 is 0 Å². The van der Waals surface area contributed by atoms with Crippen LogP contribution in [0.25, 0.3) is 0 Å². The summed E-state index contributed by atoms with van der Waals surface area (Å²) in [6, 6.07) is 8.61. The second kappa shape index (κ2) is 10.3. The van der Waals surface area contributed by atoms with E-state index in [1.54, 1.807) is 6.26 Å². The lowest BCUT2D eigenvalue weighted by Crippen LogP contribution is -2.44. The molecule has 1 saturated heterocycles. The van der Waals surface area contributed by atoms with Crippen molar-refractivity contribution in [2.24, 2.45) is 5.92 Å². The van der Waals surface area contributed by atoms with E-state index >= 15 is 0 Å². The summed E-state index contributed by atoms with van der Waals surface area (Å²) in [6.07, 6.45) is 5.64. The first-order valence-electron chi connectivity index (χ1n) is 11.7. The fourth-order valence-electron chi connectivity index (χ4n) is 4.83. The number of fused-ring (bicyclic) bond motifs is 1. The number of hydrogen-bond acceptors (Lipinski definition) is 5. The minimum atomic E-state index is 0.128.